The van der Waals surface area contributed by atoms with E-state index in [4.69, 9.17) is 5.73 Å². The molecule has 5 heteroatoms. The summed E-state index contributed by atoms with van der Waals surface area (Å²) in [4.78, 5) is 25.7. The molecule has 0 aromatic carbocycles. The van der Waals surface area contributed by atoms with Gasteiger partial charge < -0.3 is 16.0 Å². The first-order valence-corrected chi connectivity index (χ1v) is 7.93. The lowest BCUT2D eigenvalue weighted by Gasteiger charge is -2.34. The third-order valence-corrected chi connectivity index (χ3v) is 4.62. The topological polar surface area (TPSA) is 75.4 Å². The van der Waals surface area contributed by atoms with Crippen LogP contribution in [0.15, 0.2) is 0 Å². The number of nitrogens with two attached hydrogens (primary N) is 1. The Morgan fingerprint density at radius 3 is 2.70 bits per heavy atom. The Labute approximate surface area is 121 Å². The van der Waals surface area contributed by atoms with Crippen LogP contribution >= 0.6 is 0 Å². The van der Waals surface area contributed by atoms with Gasteiger partial charge in [-0.2, -0.15) is 0 Å². The van der Waals surface area contributed by atoms with Crippen LogP contribution in [0.1, 0.15) is 51.9 Å². The van der Waals surface area contributed by atoms with Crippen LogP contribution in [-0.2, 0) is 9.59 Å². The van der Waals surface area contributed by atoms with Crippen molar-refractivity contribution >= 4 is 11.8 Å². The van der Waals surface area contributed by atoms with E-state index in [9.17, 15) is 9.59 Å². The van der Waals surface area contributed by atoms with Crippen molar-refractivity contribution in [3.8, 4) is 0 Å². The summed E-state index contributed by atoms with van der Waals surface area (Å²) in [5.41, 5.74) is 6.04. The van der Waals surface area contributed by atoms with Gasteiger partial charge in [-0.05, 0) is 31.6 Å². The minimum atomic E-state index is 0.0714. The van der Waals surface area contributed by atoms with Crippen LogP contribution < -0.4 is 11.1 Å². The van der Waals surface area contributed by atoms with Crippen LogP contribution in [-0.4, -0.2) is 41.9 Å². The van der Waals surface area contributed by atoms with Crippen LogP contribution in [0.2, 0.25) is 0 Å². The van der Waals surface area contributed by atoms with Crippen molar-refractivity contribution < 1.29 is 9.59 Å². The van der Waals surface area contributed by atoms with Gasteiger partial charge >= 0.3 is 0 Å². The molecule has 5 nitrogen and oxygen atoms in total. The molecule has 2 aliphatic rings. The smallest absolute Gasteiger partial charge is 0.222 e. The number of likely N-dealkylation sites (tertiary alicyclic amines) is 1. The summed E-state index contributed by atoms with van der Waals surface area (Å²) in [5.74, 6) is 0.637. The molecule has 1 heterocycles. The number of carbonyl (C=O) groups is 2. The molecule has 0 spiro atoms. The Bertz CT molecular complexity index is 359. The monoisotopic (exact) mass is 281 g/mol. The van der Waals surface area contributed by atoms with Crippen molar-refractivity contribution in [2.45, 2.75) is 64.0 Å². The molecule has 1 unspecified atom stereocenters. The lowest BCUT2D eigenvalue weighted by Crippen LogP contribution is -2.50. The molecular weight excluding hydrogens is 254 g/mol. The Morgan fingerprint density at radius 2 is 2.05 bits per heavy atom. The summed E-state index contributed by atoms with van der Waals surface area (Å²) < 4.78 is 0. The number of amides is 2. The van der Waals surface area contributed by atoms with Crippen molar-refractivity contribution in [2.75, 3.05) is 13.1 Å². The quantitative estimate of drug-likeness (QED) is 0.808. The molecule has 1 aliphatic heterocycles. The average molecular weight is 281 g/mol. The van der Waals surface area contributed by atoms with Gasteiger partial charge in [0.2, 0.25) is 11.8 Å². The first-order valence-electron chi connectivity index (χ1n) is 7.93. The molecule has 2 rings (SSSR count). The molecule has 1 saturated carbocycles. The molecule has 3 atom stereocenters. The van der Waals surface area contributed by atoms with E-state index in [-0.39, 0.29) is 23.9 Å². The van der Waals surface area contributed by atoms with E-state index in [1.807, 2.05) is 11.8 Å². The number of hydrogen-bond donors (Lipinski definition) is 2. The molecule has 0 aromatic heterocycles. The molecule has 1 saturated heterocycles. The van der Waals surface area contributed by atoms with Crippen LogP contribution in [0.25, 0.3) is 0 Å². The highest BCUT2D eigenvalue weighted by molar-refractivity contribution is 5.78. The maximum atomic E-state index is 12.4. The maximum Gasteiger partial charge on any atom is 0.222 e. The minimum Gasteiger partial charge on any atom is -0.352 e. The summed E-state index contributed by atoms with van der Waals surface area (Å²) in [5, 5.41) is 3.00. The first-order chi connectivity index (χ1) is 9.60. The lowest BCUT2D eigenvalue weighted by molar-refractivity contribution is -0.134. The Hall–Kier alpha value is -1.10. The second kappa shape index (κ2) is 7.07. The largest absolute Gasteiger partial charge is 0.352 e. The highest BCUT2D eigenvalue weighted by Crippen LogP contribution is 2.27. The molecule has 2 fully saturated rings. The fourth-order valence-electron chi connectivity index (χ4n) is 3.32. The normalized spacial score (nSPS) is 30.3. The van der Waals surface area contributed by atoms with Gasteiger partial charge in [-0.3, -0.25) is 9.59 Å². The Balaban J connectivity index is 1.81. The van der Waals surface area contributed by atoms with Gasteiger partial charge in [0, 0.05) is 38.0 Å². The number of carbonyl (C=O) groups excluding carboxylic acids is 2. The van der Waals surface area contributed by atoms with Crippen molar-refractivity contribution in [1.29, 1.82) is 0 Å². The van der Waals surface area contributed by atoms with E-state index in [0.717, 1.165) is 38.6 Å². The van der Waals surface area contributed by atoms with Crippen LogP contribution in [0, 0.1) is 5.92 Å². The average Bonchev–Trinajstić information content (AvgIpc) is 2.84. The van der Waals surface area contributed by atoms with E-state index in [1.165, 1.54) is 0 Å². The third kappa shape index (κ3) is 3.95. The SMILES string of the molecule is CCC(=O)NC1CCCN(C(=O)C[C@@H]2CCC[C@H]2N)C1. The number of rotatable bonds is 4. The molecule has 0 aromatic rings. The molecule has 114 valence electrons. The molecular formula is C15H27N3O2. The van der Waals surface area contributed by atoms with Gasteiger partial charge in [-0.25, -0.2) is 0 Å². The van der Waals surface area contributed by atoms with Crippen LogP contribution in [0.3, 0.4) is 0 Å². The van der Waals surface area contributed by atoms with Crippen LogP contribution in [0.4, 0.5) is 0 Å². The second-order valence-electron chi connectivity index (χ2n) is 6.16. The van der Waals surface area contributed by atoms with Gasteiger partial charge in [-0.1, -0.05) is 13.3 Å². The Morgan fingerprint density at radius 1 is 1.25 bits per heavy atom. The summed E-state index contributed by atoms with van der Waals surface area (Å²) >= 11 is 0. The van der Waals surface area contributed by atoms with E-state index >= 15 is 0 Å². The molecule has 0 radical (unpaired) electrons. The van der Waals surface area contributed by atoms with E-state index < -0.39 is 0 Å². The number of nitrogens with one attached hydrogen (secondary N) is 1. The number of piperidine rings is 1. The van der Waals surface area contributed by atoms with Gasteiger partial charge in [-0.15, -0.1) is 0 Å². The zero-order valence-electron chi connectivity index (χ0n) is 12.4. The van der Waals surface area contributed by atoms with E-state index in [2.05, 4.69) is 5.32 Å². The second-order valence-corrected chi connectivity index (χ2v) is 6.16. The zero-order chi connectivity index (χ0) is 14.5. The van der Waals surface area contributed by atoms with Gasteiger partial charge in [0.15, 0.2) is 0 Å². The molecule has 2 amide bonds. The standard InChI is InChI=1S/C15H27N3O2/c1-2-14(19)17-12-6-4-8-18(10-12)15(20)9-11-5-3-7-13(11)16/h11-13H,2-10,16H2,1H3,(H,17,19)/t11-,12?,13+/m0/s1. The van der Waals surface area contributed by atoms with Crippen molar-refractivity contribution in [1.82, 2.24) is 10.2 Å². The highest BCUT2D eigenvalue weighted by atomic mass is 16.2. The molecule has 1 aliphatic carbocycles. The predicted octanol–water partition coefficient (Wildman–Crippen LogP) is 1.02. The van der Waals surface area contributed by atoms with E-state index in [1.54, 1.807) is 0 Å². The van der Waals surface area contributed by atoms with Gasteiger partial charge in [0.1, 0.15) is 0 Å². The number of hydrogen-bond acceptors (Lipinski definition) is 3. The summed E-state index contributed by atoms with van der Waals surface area (Å²) in [6, 6.07) is 0.316. The summed E-state index contributed by atoms with van der Waals surface area (Å²) in [7, 11) is 0. The van der Waals surface area contributed by atoms with Gasteiger partial charge in [0.05, 0.1) is 0 Å². The van der Waals surface area contributed by atoms with Crippen molar-refractivity contribution in [3.05, 3.63) is 0 Å². The minimum absolute atomic E-state index is 0.0714. The molecule has 0 bridgehead atoms. The highest BCUT2D eigenvalue weighted by Gasteiger charge is 2.30. The fraction of sp³-hybridized carbons (Fsp3) is 0.867. The molecule has 20 heavy (non-hydrogen) atoms. The molecule has 3 N–H and O–H groups in total. The van der Waals surface area contributed by atoms with Crippen molar-refractivity contribution in [2.24, 2.45) is 11.7 Å². The summed E-state index contributed by atoms with van der Waals surface area (Å²) in [6.07, 6.45) is 6.30. The number of nitrogens with zero attached hydrogens (tertiary/aromatic N) is 1. The Kier molecular flexibility index (Phi) is 5.40. The van der Waals surface area contributed by atoms with Gasteiger partial charge in [0.25, 0.3) is 0 Å². The lowest BCUT2D eigenvalue weighted by atomic mass is 9.98. The van der Waals surface area contributed by atoms with Crippen LogP contribution in [0.5, 0.6) is 0 Å². The third-order valence-electron chi connectivity index (χ3n) is 4.62. The fourth-order valence-corrected chi connectivity index (χ4v) is 3.32. The summed E-state index contributed by atoms with van der Waals surface area (Å²) in [6.45, 7) is 3.33. The van der Waals surface area contributed by atoms with E-state index in [0.29, 0.717) is 25.3 Å². The first kappa shape index (κ1) is 15.3. The van der Waals surface area contributed by atoms with Crippen molar-refractivity contribution in [3.63, 3.8) is 0 Å². The predicted molar refractivity (Wildman–Crippen MR) is 78.0 cm³/mol. The zero-order valence-corrected chi connectivity index (χ0v) is 12.4. The maximum absolute atomic E-state index is 12.4.